The van der Waals surface area contributed by atoms with E-state index in [0.717, 1.165) is 5.30 Å². The predicted molar refractivity (Wildman–Crippen MR) is 42.7 cm³/mol. The number of hydrogen-bond acceptors (Lipinski definition) is 1. The van der Waals surface area contributed by atoms with Crippen LogP contribution in [0, 0.1) is 0 Å². The number of thiol groups is 1. The molecule has 1 aromatic carbocycles. The van der Waals surface area contributed by atoms with Crippen molar-refractivity contribution in [2.24, 2.45) is 0 Å². The van der Waals surface area contributed by atoms with E-state index in [4.69, 9.17) is 0 Å². The molecule has 0 saturated heterocycles. The lowest BCUT2D eigenvalue weighted by molar-refractivity contribution is 0.601. The lowest BCUT2D eigenvalue weighted by atomic mass is 10.4. The Morgan fingerprint density at radius 3 is 2.11 bits per heavy atom. The molecule has 0 radical (unpaired) electrons. The molecular formula is C6H6OPS+. The zero-order valence-corrected chi connectivity index (χ0v) is 6.48. The van der Waals surface area contributed by atoms with Crippen molar-refractivity contribution in [1.82, 2.24) is 0 Å². The summed E-state index contributed by atoms with van der Waals surface area (Å²) in [6.07, 6.45) is 0. The zero-order valence-electron chi connectivity index (χ0n) is 4.69. The topological polar surface area (TPSA) is 17.1 Å². The maximum atomic E-state index is 10.7. The maximum Gasteiger partial charge on any atom is 0.446 e. The number of rotatable bonds is 1. The van der Waals surface area contributed by atoms with E-state index in [9.17, 15) is 4.57 Å². The molecule has 1 aromatic rings. The molecule has 0 aliphatic rings. The van der Waals surface area contributed by atoms with Crippen LogP contribution in [0.1, 0.15) is 0 Å². The first kappa shape index (κ1) is 6.79. The highest BCUT2D eigenvalue weighted by Crippen LogP contribution is 2.23. The van der Waals surface area contributed by atoms with Gasteiger partial charge in [0.25, 0.3) is 0 Å². The summed E-state index contributed by atoms with van der Waals surface area (Å²) in [6.45, 7) is 0. The van der Waals surface area contributed by atoms with Crippen molar-refractivity contribution in [1.29, 1.82) is 0 Å². The molecule has 1 atom stereocenters. The molecule has 0 aromatic heterocycles. The second kappa shape index (κ2) is 3.00. The van der Waals surface area contributed by atoms with Crippen molar-refractivity contribution in [3.8, 4) is 0 Å². The molecule has 9 heavy (non-hydrogen) atoms. The SMILES string of the molecule is O=[P+](S)c1ccccc1. The van der Waals surface area contributed by atoms with Crippen molar-refractivity contribution in [3.63, 3.8) is 0 Å². The summed E-state index contributed by atoms with van der Waals surface area (Å²) in [6, 6.07) is 9.17. The summed E-state index contributed by atoms with van der Waals surface area (Å²) in [4.78, 5) is 0. The lowest BCUT2D eigenvalue weighted by Crippen LogP contribution is -1.88. The molecule has 0 bridgehead atoms. The summed E-state index contributed by atoms with van der Waals surface area (Å²) in [7, 11) is -1.45. The average Bonchev–Trinajstić information content (AvgIpc) is 1.90. The standard InChI is InChI=1S/C6H5OPS/c7-8(9)6-4-2-1-3-5-6/h1-5H/p+1. The first-order chi connectivity index (χ1) is 4.30. The molecular weight excluding hydrogens is 151 g/mol. The Morgan fingerprint density at radius 2 is 1.78 bits per heavy atom. The van der Waals surface area contributed by atoms with Gasteiger partial charge < -0.3 is 0 Å². The van der Waals surface area contributed by atoms with Gasteiger partial charge in [-0.3, -0.25) is 0 Å². The molecule has 1 nitrogen and oxygen atoms in total. The molecule has 0 saturated carbocycles. The zero-order chi connectivity index (χ0) is 6.69. The van der Waals surface area contributed by atoms with Crippen LogP contribution in [0.2, 0.25) is 0 Å². The number of hydrogen-bond donors (Lipinski definition) is 1. The maximum absolute atomic E-state index is 10.7. The van der Waals surface area contributed by atoms with Crippen LogP contribution in [0.5, 0.6) is 0 Å². The van der Waals surface area contributed by atoms with Crippen LogP contribution >= 0.6 is 19.3 Å². The summed E-state index contributed by atoms with van der Waals surface area (Å²) in [5.74, 6) is 0. The van der Waals surface area contributed by atoms with Gasteiger partial charge in [0.15, 0.2) is 0 Å². The highest BCUT2D eigenvalue weighted by molar-refractivity contribution is 8.43. The van der Waals surface area contributed by atoms with Crippen molar-refractivity contribution < 1.29 is 4.57 Å². The van der Waals surface area contributed by atoms with Crippen molar-refractivity contribution in [2.75, 3.05) is 0 Å². The molecule has 0 heterocycles. The smallest absolute Gasteiger partial charge is 0.0619 e. The Morgan fingerprint density at radius 1 is 1.22 bits per heavy atom. The van der Waals surface area contributed by atoms with Crippen LogP contribution in [-0.4, -0.2) is 0 Å². The van der Waals surface area contributed by atoms with Crippen LogP contribution in [0.4, 0.5) is 0 Å². The molecule has 3 heteroatoms. The Bertz CT molecular complexity index is 210. The molecule has 46 valence electrons. The summed E-state index contributed by atoms with van der Waals surface area (Å²) in [5, 5.41) is 0.788. The van der Waals surface area contributed by atoms with E-state index in [2.05, 4.69) is 12.2 Å². The van der Waals surface area contributed by atoms with Gasteiger partial charge in [0.1, 0.15) is 12.2 Å². The first-order valence-corrected chi connectivity index (χ1v) is 4.93. The second-order valence-corrected chi connectivity index (χ2v) is 3.76. The van der Waals surface area contributed by atoms with E-state index in [1.807, 2.05) is 18.2 Å². The molecule has 0 aliphatic heterocycles. The van der Waals surface area contributed by atoms with E-state index >= 15 is 0 Å². The number of benzene rings is 1. The van der Waals surface area contributed by atoms with E-state index < -0.39 is 7.00 Å². The van der Waals surface area contributed by atoms with Crippen LogP contribution in [0.15, 0.2) is 30.3 Å². The van der Waals surface area contributed by atoms with Gasteiger partial charge >= 0.3 is 7.00 Å². The first-order valence-electron chi connectivity index (χ1n) is 2.52. The monoisotopic (exact) mass is 157 g/mol. The Balaban J connectivity index is 2.98. The second-order valence-electron chi connectivity index (χ2n) is 1.61. The molecule has 0 N–H and O–H groups in total. The minimum atomic E-state index is -1.45. The van der Waals surface area contributed by atoms with Crippen LogP contribution in [0.25, 0.3) is 0 Å². The fraction of sp³-hybridized carbons (Fsp3) is 0. The average molecular weight is 157 g/mol. The van der Waals surface area contributed by atoms with Gasteiger partial charge in [0.2, 0.25) is 5.30 Å². The summed E-state index contributed by atoms with van der Waals surface area (Å²) in [5.41, 5.74) is 0. The third-order valence-electron chi connectivity index (χ3n) is 0.977. The third-order valence-corrected chi connectivity index (χ3v) is 2.41. The largest absolute Gasteiger partial charge is 0.446 e. The van der Waals surface area contributed by atoms with E-state index in [1.54, 1.807) is 12.1 Å². The van der Waals surface area contributed by atoms with Gasteiger partial charge in [0, 0.05) is 0 Å². The van der Waals surface area contributed by atoms with Crippen molar-refractivity contribution in [3.05, 3.63) is 30.3 Å². The van der Waals surface area contributed by atoms with Gasteiger partial charge in [-0.2, -0.15) is 0 Å². The van der Waals surface area contributed by atoms with Gasteiger partial charge in [-0.05, 0) is 12.1 Å². The van der Waals surface area contributed by atoms with Crippen molar-refractivity contribution in [2.45, 2.75) is 0 Å². The molecule has 1 unspecified atom stereocenters. The van der Waals surface area contributed by atoms with Gasteiger partial charge in [-0.15, -0.1) is 0 Å². The Labute approximate surface area is 60.0 Å². The Hall–Kier alpha value is -0.330. The Kier molecular flexibility index (Phi) is 2.26. The third kappa shape index (κ3) is 1.81. The molecule has 0 amide bonds. The highest BCUT2D eigenvalue weighted by Gasteiger charge is 2.10. The van der Waals surface area contributed by atoms with Crippen LogP contribution in [-0.2, 0) is 4.57 Å². The van der Waals surface area contributed by atoms with Gasteiger partial charge in [0.05, 0.1) is 0 Å². The minimum Gasteiger partial charge on any atom is -0.0619 e. The molecule has 1 rings (SSSR count). The van der Waals surface area contributed by atoms with Crippen LogP contribution in [0.3, 0.4) is 0 Å². The highest BCUT2D eigenvalue weighted by atomic mass is 32.7. The normalized spacial score (nSPS) is 11.0. The van der Waals surface area contributed by atoms with E-state index in [0.29, 0.717) is 0 Å². The fourth-order valence-corrected chi connectivity index (χ4v) is 1.38. The van der Waals surface area contributed by atoms with E-state index in [1.165, 1.54) is 0 Å². The van der Waals surface area contributed by atoms with E-state index in [-0.39, 0.29) is 0 Å². The minimum absolute atomic E-state index is 0.788. The molecule has 0 fully saturated rings. The van der Waals surface area contributed by atoms with Gasteiger partial charge in [-0.1, -0.05) is 22.8 Å². The summed E-state index contributed by atoms with van der Waals surface area (Å²) >= 11 is 3.80. The lowest BCUT2D eigenvalue weighted by Gasteiger charge is -1.77. The van der Waals surface area contributed by atoms with Crippen molar-refractivity contribution >= 4 is 24.6 Å². The molecule has 0 aliphatic carbocycles. The fourth-order valence-electron chi connectivity index (χ4n) is 0.556. The van der Waals surface area contributed by atoms with Crippen LogP contribution < -0.4 is 5.30 Å². The molecule has 0 spiro atoms. The summed E-state index contributed by atoms with van der Waals surface area (Å²) < 4.78 is 10.7. The quantitative estimate of drug-likeness (QED) is 0.487. The predicted octanol–water partition coefficient (Wildman–Crippen LogP) is 1.98. The van der Waals surface area contributed by atoms with Gasteiger partial charge in [-0.25, -0.2) is 0 Å².